The summed E-state index contributed by atoms with van der Waals surface area (Å²) < 4.78 is 5.16. The van der Waals surface area contributed by atoms with Gasteiger partial charge in [0.1, 0.15) is 11.4 Å². The lowest BCUT2D eigenvalue weighted by Crippen LogP contribution is -1.81. The van der Waals surface area contributed by atoms with Crippen LogP contribution in [0.5, 0.6) is 0 Å². The van der Waals surface area contributed by atoms with Gasteiger partial charge in [-0.2, -0.15) is 10.2 Å². The Morgan fingerprint density at radius 3 is 2.60 bits per heavy atom. The van der Waals surface area contributed by atoms with E-state index < -0.39 is 0 Å². The maximum Gasteiger partial charge on any atom is 0.181 e. The monoisotopic (exact) mass is 265 g/mol. The molecule has 0 atom stereocenters. The molecular weight excluding hydrogens is 254 g/mol. The van der Waals surface area contributed by atoms with Crippen LogP contribution >= 0.6 is 0 Å². The van der Waals surface area contributed by atoms with Crippen LogP contribution in [0.15, 0.2) is 70.1 Å². The van der Waals surface area contributed by atoms with Gasteiger partial charge >= 0.3 is 0 Å². The zero-order valence-electron chi connectivity index (χ0n) is 10.5. The van der Waals surface area contributed by atoms with Crippen LogP contribution in [0.1, 0.15) is 5.56 Å². The van der Waals surface area contributed by atoms with Crippen molar-refractivity contribution in [2.75, 3.05) is 0 Å². The van der Waals surface area contributed by atoms with Crippen molar-refractivity contribution in [3.63, 3.8) is 0 Å². The number of oxazole rings is 1. The van der Waals surface area contributed by atoms with Crippen molar-refractivity contribution < 1.29 is 4.42 Å². The molecule has 3 heterocycles. The minimum atomic E-state index is 0.520. The average molecular weight is 265 g/mol. The van der Waals surface area contributed by atoms with Gasteiger partial charge in [0.15, 0.2) is 12.2 Å². The van der Waals surface area contributed by atoms with E-state index >= 15 is 0 Å². The molecule has 0 saturated heterocycles. The van der Waals surface area contributed by atoms with E-state index in [1.54, 1.807) is 24.8 Å². The van der Waals surface area contributed by atoms with Crippen LogP contribution in [0.2, 0.25) is 0 Å². The first-order valence-electron chi connectivity index (χ1n) is 6.03. The third kappa shape index (κ3) is 2.92. The summed E-state index contributed by atoms with van der Waals surface area (Å²) in [6, 6.07) is 7.47. The number of hydrogen-bond acceptors (Lipinski definition) is 6. The number of rotatable bonds is 4. The molecule has 98 valence electrons. The van der Waals surface area contributed by atoms with Crippen molar-refractivity contribution in [3.05, 3.63) is 61.0 Å². The highest BCUT2D eigenvalue weighted by Crippen LogP contribution is 2.19. The second-order valence-electron chi connectivity index (χ2n) is 4.02. The molecule has 0 amide bonds. The van der Waals surface area contributed by atoms with Gasteiger partial charge in [-0.05, 0) is 29.8 Å². The Bertz CT molecular complexity index is 677. The highest BCUT2D eigenvalue weighted by molar-refractivity contribution is 5.52. The molecule has 3 aromatic heterocycles. The van der Waals surface area contributed by atoms with Gasteiger partial charge in [0, 0.05) is 12.4 Å². The Labute approximate surface area is 115 Å². The lowest BCUT2D eigenvalue weighted by atomic mass is 10.3. The third-order valence-electron chi connectivity index (χ3n) is 2.62. The predicted octanol–water partition coefficient (Wildman–Crippen LogP) is 3.42. The van der Waals surface area contributed by atoms with E-state index in [1.165, 1.54) is 6.39 Å². The molecule has 0 aliphatic rings. The first-order valence-corrected chi connectivity index (χ1v) is 6.03. The van der Waals surface area contributed by atoms with Gasteiger partial charge < -0.3 is 4.42 Å². The van der Waals surface area contributed by atoms with Crippen molar-refractivity contribution in [3.8, 4) is 11.5 Å². The van der Waals surface area contributed by atoms with Gasteiger partial charge in [-0.3, -0.25) is 9.97 Å². The summed E-state index contributed by atoms with van der Waals surface area (Å²) >= 11 is 0. The van der Waals surface area contributed by atoms with E-state index in [0.29, 0.717) is 18.0 Å². The number of aromatic nitrogens is 3. The summed E-state index contributed by atoms with van der Waals surface area (Å²) in [7, 11) is 0. The molecule has 0 unspecified atom stereocenters. The van der Waals surface area contributed by atoms with Gasteiger partial charge in [-0.1, -0.05) is 0 Å². The normalized spacial score (nSPS) is 11.0. The summed E-state index contributed by atoms with van der Waals surface area (Å²) in [6.45, 7) is 0.520. The lowest BCUT2D eigenvalue weighted by molar-refractivity contribution is 0.570. The van der Waals surface area contributed by atoms with Gasteiger partial charge in [-0.25, -0.2) is 4.98 Å². The minimum Gasteiger partial charge on any atom is -0.442 e. The molecule has 0 saturated carbocycles. The second kappa shape index (κ2) is 5.83. The Morgan fingerprint density at radius 2 is 1.90 bits per heavy atom. The van der Waals surface area contributed by atoms with E-state index in [-0.39, 0.29) is 0 Å². The second-order valence-corrected chi connectivity index (χ2v) is 4.02. The molecule has 3 rings (SSSR count). The van der Waals surface area contributed by atoms with Crippen LogP contribution in [-0.4, -0.2) is 15.0 Å². The van der Waals surface area contributed by atoms with Crippen LogP contribution in [0.4, 0.5) is 5.69 Å². The number of hydrogen-bond donors (Lipinski definition) is 0. The smallest absolute Gasteiger partial charge is 0.181 e. The van der Waals surface area contributed by atoms with Gasteiger partial charge in [0.2, 0.25) is 0 Å². The fraction of sp³-hybridized carbons (Fsp3) is 0.0714. The van der Waals surface area contributed by atoms with Crippen LogP contribution in [0.25, 0.3) is 11.5 Å². The molecule has 0 bridgehead atoms. The predicted molar refractivity (Wildman–Crippen MR) is 72.2 cm³/mol. The fourth-order valence-corrected chi connectivity index (χ4v) is 1.62. The maximum absolute atomic E-state index is 5.16. The molecule has 0 fully saturated rings. The number of pyridine rings is 2. The SMILES string of the molecule is c1cc(CN=Nc2ccc(-c3cnco3)nc2)ccn1. The van der Waals surface area contributed by atoms with Crippen molar-refractivity contribution in [1.29, 1.82) is 0 Å². The van der Waals surface area contributed by atoms with Crippen molar-refractivity contribution >= 4 is 5.69 Å². The van der Waals surface area contributed by atoms with Crippen molar-refractivity contribution in [2.24, 2.45) is 10.2 Å². The molecule has 6 nitrogen and oxygen atoms in total. The average Bonchev–Trinajstić information content (AvgIpc) is 3.03. The third-order valence-corrected chi connectivity index (χ3v) is 2.62. The van der Waals surface area contributed by atoms with Crippen LogP contribution < -0.4 is 0 Å². The van der Waals surface area contributed by atoms with Crippen LogP contribution in [-0.2, 0) is 6.54 Å². The fourth-order valence-electron chi connectivity index (χ4n) is 1.62. The zero-order chi connectivity index (χ0) is 13.6. The molecular formula is C14H11N5O. The topological polar surface area (TPSA) is 76.5 Å². The molecule has 3 aromatic rings. The van der Waals surface area contributed by atoms with E-state index in [1.807, 2.05) is 24.3 Å². The molecule has 0 aromatic carbocycles. The quantitative estimate of drug-likeness (QED) is 0.677. The van der Waals surface area contributed by atoms with E-state index in [2.05, 4.69) is 25.2 Å². The first kappa shape index (κ1) is 12.2. The Kier molecular flexibility index (Phi) is 3.55. The van der Waals surface area contributed by atoms with E-state index in [4.69, 9.17) is 4.42 Å². The molecule has 0 N–H and O–H groups in total. The molecule has 0 aliphatic heterocycles. The maximum atomic E-state index is 5.16. The molecule has 6 heteroatoms. The van der Waals surface area contributed by atoms with Crippen LogP contribution in [0.3, 0.4) is 0 Å². The van der Waals surface area contributed by atoms with Gasteiger partial charge in [0.25, 0.3) is 0 Å². The summed E-state index contributed by atoms with van der Waals surface area (Å²) in [5.41, 5.74) is 2.48. The zero-order valence-corrected chi connectivity index (χ0v) is 10.5. The van der Waals surface area contributed by atoms with Crippen LogP contribution in [0, 0.1) is 0 Å². The summed E-state index contributed by atoms with van der Waals surface area (Å²) in [6.07, 6.45) is 8.11. The minimum absolute atomic E-state index is 0.520. The summed E-state index contributed by atoms with van der Waals surface area (Å²) in [5.74, 6) is 0.630. The molecule has 0 spiro atoms. The summed E-state index contributed by atoms with van der Waals surface area (Å²) in [4.78, 5) is 12.0. The molecule has 0 radical (unpaired) electrons. The Morgan fingerprint density at radius 1 is 1.00 bits per heavy atom. The summed E-state index contributed by atoms with van der Waals surface area (Å²) in [5, 5.41) is 8.25. The van der Waals surface area contributed by atoms with Gasteiger partial charge in [-0.15, -0.1) is 0 Å². The first-order chi connectivity index (χ1) is 9.92. The largest absolute Gasteiger partial charge is 0.442 e. The number of azo groups is 1. The van der Waals surface area contributed by atoms with E-state index in [9.17, 15) is 0 Å². The van der Waals surface area contributed by atoms with Crippen molar-refractivity contribution in [1.82, 2.24) is 15.0 Å². The highest BCUT2D eigenvalue weighted by atomic mass is 16.3. The van der Waals surface area contributed by atoms with Gasteiger partial charge in [0.05, 0.1) is 18.9 Å². The molecule has 0 aliphatic carbocycles. The van der Waals surface area contributed by atoms with Crippen molar-refractivity contribution in [2.45, 2.75) is 6.54 Å². The Hall–Kier alpha value is -2.89. The number of nitrogens with zero attached hydrogens (tertiary/aromatic N) is 5. The standard InChI is InChI=1S/C14H11N5O/c1-2-13(14-9-16-10-20-14)17-8-12(1)19-18-7-11-3-5-15-6-4-11/h1-6,8-10H,7H2. The highest BCUT2D eigenvalue weighted by Gasteiger charge is 2.02. The van der Waals surface area contributed by atoms with E-state index in [0.717, 1.165) is 11.3 Å². The lowest BCUT2D eigenvalue weighted by Gasteiger charge is -1.96. The Balaban J connectivity index is 1.66. The molecule has 20 heavy (non-hydrogen) atoms.